The van der Waals surface area contributed by atoms with Crippen LogP contribution in [0.5, 0.6) is 0 Å². The molecule has 0 amide bonds. The second-order valence-electron chi connectivity index (χ2n) is 3.78. The summed E-state index contributed by atoms with van der Waals surface area (Å²) in [6.07, 6.45) is 2.07. The topological polar surface area (TPSA) is 21.3 Å². The fourth-order valence-electron chi connectivity index (χ4n) is 1.45. The predicted octanol–water partition coefficient (Wildman–Crippen LogP) is 1.66. The number of ether oxygens (including phenoxy) is 1. The molecule has 0 aliphatic carbocycles. The second-order valence-corrected chi connectivity index (χ2v) is 3.78. The Hall–Kier alpha value is -0.220. The Morgan fingerprint density at radius 1 is 1.38 bits per heavy atom. The molecule has 0 aromatic rings. The van der Waals surface area contributed by atoms with Crippen LogP contribution in [0, 0.1) is 5.92 Å². The summed E-state index contributed by atoms with van der Waals surface area (Å²) in [5.41, 5.74) is 0. The highest BCUT2D eigenvalue weighted by Crippen LogP contribution is 2.15. The molecular formula is C9H17F2NO. The van der Waals surface area contributed by atoms with Gasteiger partial charge < -0.3 is 10.1 Å². The predicted molar refractivity (Wildman–Crippen MR) is 47.0 cm³/mol. The Balaban J connectivity index is 2.04. The lowest BCUT2D eigenvalue weighted by atomic mass is 9.99. The first-order chi connectivity index (χ1) is 6.08. The van der Waals surface area contributed by atoms with Crippen molar-refractivity contribution in [3.8, 4) is 0 Å². The van der Waals surface area contributed by atoms with Crippen LogP contribution in [0.25, 0.3) is 0 Å². The van der Waals surface area contributed by atoms with Gasteiger partial charge in [0, 0.05) is 13.5 Å². The quantitative estimate of drug-likeness (QED) is 0.733. The smallest absolute Gasteiger partial charge is 0.268 e. The number of hydrogen-bond acceptors (Lipinski definition) is 2. The Labute approximate surface area is 77.6 Å². The van der Waals surface area contributed by atoms with Gasteiger partial charge in [-0.25, -0.2) is 8.78 Å². The van der Waals surface area contributed by atoms with E-state index in [1.165, 1.54) is 0 Å². The monoisotopic (exact) mass is 193 g/mol. The third kappa shape index (κ3) is 5.16. The summed E-state index contributed by atoms with van der Waals surface area (Å²) >= 11 is 0. The van der Waals surface area contributed by atoms with E-state index in [2.05, 4.69) is 5.32 Å². The highest BCUT2D eigenvalue weighted by Gasteiger charge is 2.22. The van der Waals surface area contributed by atoms with Crippen molar-refractivity contribution in [2.75, 3.05) is 26.3 Å². The third-order valence-electron chi connectivity index (χ3n) is 2.17. The molecular weight excluding hydrogens is 176 g/mol. The summed E-state index contributed by atoms with van der Waals surface area (Å²) < 4.78 is 29.6. The van der Waals surface area contributed by atoms with Crippen LogP contribution in [-0.4, -0.2) is 32.2 Å². The molecule has 0 unspecified atom stereocenters. The fourth-order valence-corrected chi connectivity index (χ4v) is 1.45. The van der Waals surface area contributed by atoms with Gasteiger partial charge in [-0.05, 0) is 31.8 Å². The first-order valence-corrected chi connectivity index (χ1v) is 4.74. The van der Waals surface area contributed by atoms with Gasteiger partial charge in [-0.3, -0.25) is 0 Å². The van der Waals surface area contributed by atoms with Crippen molar-refractivity contribution < 1.29 is 13.5 Å². The van der Waals surface area contributed by atoms with E-state index in [1.54, 1.807) is 0 Å². The molecule has 0 spiro atoms. The minimum Gasteiger partial charge on any atom is -0.375 e. The number of halogens is 2. The minimum atomic E-state index is -2.69. The summed E-state index contributed by atoms with van der Waals surface area (Å²) in [5, 5.41) is 3.22. The van der Waals surface area contributed by atoms with E-state index < -0.39 is 12.5 Å². The summed E-state index contributed by atoms with van der Waals surface area (Å²) in [4.78, 5) is 0. The average Bonchev–Trinajstić information content (AvgIpc) is 2.04. The van der Waals surface area contributed by atoms with Gasteiger partial charge in [0.2, 0.25) is 0 Å². The molecule has 0 radical (unpaired) electrons. The van der Waals surface area contributed by atoms with Gasteiger partial charge in [0.25, 0.3) is 5.92 Å². The first kappa shape index (κ1) is 10.9. The second kappa shape index (κ2) is 4.86. The van der Waals surface area contributed by atoms with Crippen LogP contribution < -0.4 is 5.32 Å². The van der Waals surface area contributed by atoms with Crippen LogP contribution in [0.1, 0.15) is 19.8 Å². The van der Waals surface area contributed by atoms with Gasteiger partial charge in [-0.15, -0.1) is 0 Å². The van der Waals surface area contributed by atoms with E-state index >= 15 is 0 Å². The van der Waals surface area contributed by atoms with Crippen LogP contribution in [0.2, 0.25) is 0 Å². The Morgan fingerprint density at radius 2 is 2.00 bits per heavy atom. The number of rotatable bonds is 4. The maximum atomic E-state index is 12.3. The number of nitrogens with one attached hydrogen (secondary N) is 1. The van der Waals surface area contributed by atoms with Crippen LogP contribution in [0.3, 0.4) is 0 Å². The molecule has 1 rings (SSSR count). The third-order valence-corrected chi connectivity index (χ3v) is 2.17. The molecule has 13 heavy (non-hydrogen) atoms. The number of piperidine rings is 1. The lowest BCUT2D eigenvalue weighted by Crippen LogP contribution is -2.31. The van der Waals surface area contributed by atoms with Crippen molar-refractivity contribution in [3.05, 3.63) is 0 Å². The van der Waals surface area contributed by atoms with E-state index in [-0.39, 0.29) is 0 Å². The van der Waals surface area contributed by atoms with Crippen LogP contribution in [-0.2, 0) is 4.74 Å². The van der Waals surface area contributed by atoms with Crippen molar-refractivity contribution >= 4 is 0 Å². The SMILES string of the molecule is CC(F)(F)COCC1CCNCC1. The van der Waals surface area contributed by atoms with Gasteiger partial charge >= 0.3 is 0 Å². The van der Waals surface area contributed by atoms with Crippen LogP contribution in [0.15, 0.2) is 0 Å². The standard InChI is InChI=1S/C9H17F2NO/c1-9(10,11)7-13-6-8-2-4-12-5-3-8/h8,12H,2-7H2,1H3. The molecule has 1 heterocycles. The molecule has 0 aromatic carbocycles. The summed E-state index contributed by atoms with van der Waals surface area (Å²) in [6.45, 7) is 2.88. The highest BCUT2D eigenvalue weighted by molar-refractivity contribution is 4.68. The summed E-state index contributed by atoms with van der Waals surface area (Å²) in [6, 6.07) is 0. The largest absolute Gasteiger partial charge is 0.375 e. The first-order valence-electron chi connectivity index (χ1n) is 4.74. The van der Waals surface area contributed by atoms with Crippen molar-refractivity contribution in [1.29, 1.82) is 0 Å². The Kier molecular flexibility index (Phi) is 4.06. The van der Waals surface area contributed by atoms with E-state index in [1.807, 2.05) is 0 Å². The summed E-state index contributed by atoms with van der Waals surface area (Å²) in [5.74, 6) is -2.23. The fraction of sp³-hybridized carbons (Fsp3) is 1.00. The zero-order valence-corrected chi connectivity index (χ0v) is 7.98. The van der Waals surface area contributed by atoms with Gasteiger partial charge in [0.15, 0.2) is 0 Å². The Morgan fingerprint density at radius 3 is 2.54 bits per heavy atom. The lowest BCUT2D eigenvalue weighted by molar-refractivity contribution is -0.0708. The maximum absolute atomic E-state index is 12.3. The molecule has 4 heteroatoms. The van der Waals surface area contributed by atoms with Crippen molar-refractivity contribution in [2.45, 2.75) is 25.7 Å². The van der Waals surface area contributed by atoms with Gasteiger partial charge in [-0.1, -0.05) is 0 Å². The molecule has 1 N–H and O–H groups in total. The maximum Gasteiger partial charge on any atom is 0.268 e. The number of hydrogen-bond donors (Lipinski definition) is 1. The van der Waals surface area contributed by atoms with Crippen molar-refractivity contribution in [2.24, 2.45) is 5.92 Å². The average molecular weight is 193 g/mol. The zero-order chi connectivity index (χ0) is 9.73. The lowest BCUT2D eigenvalue weighted by Gasteiger charge is -2.23. The molecule has 1 aliphatic rings. The minimum absolute atomic E-state index is 0.447. The van der Waals surface area contributed by atoms with Gasteiger partial charge in [-0.2, -0.15) is 0 Å². The van der Waals surface area contributed by atoms with Crippen molar-refractivity contribution in [3.63, 3.8) is 0 Å². The molecule has 1 aliphatic heterocycles. The number of alkyl halides is 2. The molecule has 0 atom stereocenters. The highest BCUT2D eigenvalue weighted by atomic mass is 19.3. The Bertz CT molecular complexity index is 141. The molecule has 0 saturated carbocycles. The molecule has 1 saturated heterocycles. The molecule has 0 bridgehead atoms. The van der Waals surface area contributed by atoms with Gasteiger partial charge in [0.1, 0.15) is 6.61 Å². The molecule has 1 fully saturated rings. The normalized spacial score (nSPS) is 20.5. The van der Waals surface area contributed by atoms with Crippen LogP contribution in [0.4, 0.5) is 8.78 Å². The zero-order valence-electron chi connectivity index (χ0n) is 7.98. The van der Waals surface area contributed by atoms with Crippen molar-refractivity contribution in [1.82, 2.24) is 5.32 Å². The van der Waals surface area contributed by atoms with E-state index in [0.717, 1.165) is 32.9 Å². The van der Waals surface area contributed by atoms with E-state index in [0.29, 0.717) is 12.5 Å². The molecule has 2 nitrogen and oxygen atoms in total. The summed E-state index contributed by atoms with van der Waals surface area (Å²) in [7, 11) is 0. The van der Waals surface area contributed by atoms with E-state index in [4.69, 9.17) is 4.74 Å². The van der Waals surface area contributed by atoms with E-state index in [9.17, 15) is 8.78 Å². The van der Waals surface area contributed by atoms with Gasteiger partial charge in [0.05, 0.1) is 0 Å². The molecule has 0 aromatic heterocycles. The van der Waals surface area contributed by atoms with Crippen LogP contribution >= 0.6 is 0 Å². The molecule has 78 valence electrons.